The van der Waals surface area contributed by atoms with Gasteiger partial charge in [0.05, 0.1) is 19.3 Å². The van der Waals surface area contributed by atoms with Crippen LogP contribution in [0.2, 0.25) is 0 Å². The first-order chi connectivity index (χ1) is 6.56. The van der Waals surface area contributed by atoms with Crippen LogP contribution in [0.15, 0.2) is 0 Å². The van der Waals surface area contributed by atoms with E-state index in [1.807, 2.05) is 0 Å². The molecular weight excluding hydrogens is 190 g/mol. The Hall–Kier alpha value is -0.690. The molecule has 1 aliphatic rings. The van der Waals surface area contributed by atoms with Crippen LogP contribution >= 0.6 is 0 Å². The van der Waals surface area contributed by atoms with E-state index < -0.39 is 30.1 Å². The summed E-state index contributed by atoms with van der Waals surface area (Å²) in [5, 5.41) is 27.7. The van der Waals surface area contributed by atoms with Crippen molar-refractivity contribution in [3.05, 3.63) is 0 Å². The fraction of sp³-hybridized carbons (Fsp3) is 0.875. The van der Waals surface area contributed by atoms with Crippen molar-refractivity contribution in [2.24, 2.45) is 11.7 Å². The summed E-state index contributed by atoms with van der Waals surface area (Å²) in [5.74, 6) is -1.04. The second-order valence-corrected chi connectivity index (χ2v) is 3.47. The predicted molar refractivity (Wildman–Crippen MR) is 46.1 cm³/mol. The molecule has 4 atom stereocenters. The van der Waals surface area contributed by atoms with Crippen LogP contribution in [0.3, 0.4) is 0 Å². The van der Waals surface area contributed by atoms with Gasteiger partial charge in [0.25, 0.3) is 0 Å². The third-order valence-electron chi connectivity index (χ3n) is 2.38. The van der Waals surface area contributed by atoms with Crippen LogP contribution in [-0.2, 0) is 9.53 Å². The zero-order valence-corrected chi connectivity index (χ0v) is 7.67. The lowest BCUT2D eigenvalue weighted by Crippen LogP contribution is -2.52. The van der Waals surface area contributed by atoms with Crippen LogP contribution in [-0.4, -0.2) is 52.8 Å². The Labute approximate surface area is 81.3 Å². The van der Waals surface area contributed by atoms with E-state index in [2.05, 4.69) is 0 Å². The molecule has 0 aromatic rings. The van der Waals surface area contributed by atoms with Gasteiger partial charge in [-0.15, -0.1) is 0 Å². The number of primary amides is 1. The van der Waals surface area contributed by atoms with E-state index in [9.17, 15) is 15.0 Å². The lowest BCUT2D eigenvalue weighted by molar-refractivity contribution is -0.176. The number of hydrogen-bond acceptors (Lipinski definition) is 5. The summed E-state index contributed by atoms with van der Waals surface area (Å²) in [6.07, 6.45) is -3.06. The van der Waals surface area contributed by atoms with Crippen LogP contribution < -0.4 is 5.73 Å². The van der Waals surface area contributed by atoms with E-state index in [0.717, 1.165) is 0 Å². The molecular formula is C8H15NO5. The van der Waals surface area contributed by atoms with Crippen molar-refractivity contribution >= 4 is 5.91 Å². The number of ether oxygens (including phenoxy) is 1. The summed E-state index contributed by atoms with van der Waals surface area (Å²) in [7, 11) is 0. The Balaban J connectivity index is 2.54. The fourth-order valence-electron chi connectivity index (χ4n) is 1.54. The molecule has 1 saturated heterocycles. The molecule has 1 heterocycles. The maximum Gasteiger partial charge on any atom is 0.217 e. The van der Waals surface area contributed by atoms with E-state index in [1.54, 1.807) is 0 Å². The van der Waals surface area contributed by atoms with E-state index in [1.165, 1.54) is 0 Å². The number of carbonyl (C=O) groups excluding carboxylic acids is 1. The maximum absolute atomic E-state index is 10.6. The lowest BCUT2D eigenvalue weighted by Gasteiger charge is -2.36. The molecule has 5 N–H and O–H groups in total. The van der Waals surface area contributed by atoms with Crippen molar-refractivity contribution in [1.29, 1.82) is 0 Å². The molecule has 0 saturated carbocycles. The van der Waals surface area contributed by atoms with Crippen molar-refractivity contribution in [2.45, 2.75) is 24.7 Å². The third-order valence-corrected chi connectivity index (χ3v) is 2.38. The van der Waals surface area contributed by atoms with Gasteiger partial charge in [0.15, 0.2) is 0 Å². The quantitative estimate of drug-likeness (QED) is 0.410. The van der Waals surface area contributed by atoms with Crippen LogP contribution in [0.25, 0.3) is 0 Å². The molecule has 0 aromatic heterocycles. The van der Waals surface area contributed by atoms with Crippen molar-refractivity contribution in [3.63, 3.8) is 0 Å². The molecule has 6 nitrogen and oxygen atoms in total. The van der Waals surface area contributed by atoms with Crippen molar-refractivity contribution < 1.29 is 24.9 Å². The number of nitrogens with two attached hydrogens (primary N) is 1. The zero-order chi connectivity index (χ0) is 10.7. The lowest BCUT2D eigenvalue weighted by atomic mass is 9.90. The van der Waals surface area contributed by atoms with Gasteiger partial charge in [0, 0.05) is 12.3 Å². The van der Waals surface area contributed by atoms with Crippen molar-refractivity contribution in [1.82, 2.24) is 0 Å². The Morgan fingerprint density at radius 1 is 1.43 bits per heavy atom. The van der Waals surface area contributed by atoms with Crippen LogP contribution in [0.5, 0.6) is 0 Å². The van der Waals surface area contributed by atoms with Crippen molar-refractivity contribution in [3.8, 4) is 0 Å². The minimum atomic E-state index is -1.17. The number of hydrogen-bond donors (Lipinski definition) is 4. The normalized spacial score (nSPS) is 38.2. The first-order valence-electron chi connectivity index (χ1n) is 4.43. The molecule has 0 aromatic carbocycles. The molecule has 4 unspecified atom stereocenters. The van der Waals surface area contributed by atoms with E-state index in [-0.39, 0.29) is 19.6 Å². The second kappa shape index (κ2) is 4.70. The molecule has 14 heavy (non-hydrogen) atoms. The maximum atomic E-state index is 10.6. The molecule has 82 valence electrons. The summed E-state index contributed by atoms with van der Waals surface area (Å²) in [5.41, 5.74) is 4.96. The molecule has 0 bridgehead atoms. The molecule has 0 aliphatic carbocycles. The summed E-state index contributed by atoms with van der Waals surface area (Å²) in [6.45, 7) is -0.242. The van der Waals surface area contributed by atoms with Gasteiger partial charge in [0.2, 0.25) is 5.91 Å². The highest BCUT2D eigenvalue weighted by Gasteiger charge is 2.38. The smallest absolute Gasteiger partial charge is 0.217 e. The van der Waals surface area contributed by atoms with E-state index in [0.29, 0.717) is 0 Å². The average molecular weight is 205 g/mol. The van der Waals surface area contributed by atoms with Gasteiger partial charge in [0.1, 0.15) is 12.2 Å². The van der Waals surface area contributed by atoms with E-state index in [4.69, 9.17) is 15.6 Å². The standard InChI is InChI=1S/C8H15NO5/c9-6(11)1-4-3-14-5(2-10)8(13)7(4)12/h4-5,7-8,10,12-13H,1-3H2,(H2,9,11). The minimum Gasteiger partial charge on any atom is -0.394 e. The Morgan fingerprint density at radius 3 is 2.57 bits per heavy atom. The molecule has 0 radical (unpaired) electrons. The third kappa shape index (κ3) is 2.42. The molecule has 1 amide bonds. The van der Waals surface area contributed by atoms with Crippen LogP contribution in [0, 0.1) is 5.92 Å². The molecule has 0 spiro atoms. The van der Waals surface area contributed by atoms with Gasteiger partial charge in [-0.3, -0.25) is 4.79 Å². The minimum absolute atomic E-state index is 0.0314. The van der Waals surface area contributed by atoms with Crippen LogP contribution in [0.4, 0.5) is 0 Å². The van der Waals surface area contributed by atoms with Gasteiger partial charge in [-0.2, -0.15) is 0 Å². The van der Waals surface area contributed by atoms with Gasteiger partial charge >= 0.3 is 0 Å². The van der Waals surface area contributed by atoms with Gasteiger partial charge in [-0.25, -0.2) is 0 Å². The number of amides is 1. The van der Waals surface area contributed by atoms with Gasteiger partial charge < -0.3 is 25.8 Å². The number of aliphatic hydroxyl groups is 3. The summed E-state index contributed by atoms with van der Waals surface area (Å²) < 4.78 is 5.06. The Kier molecular flexibility index (Phi) is 3.82. The second-order valence-electron chi connectivity index (χ2n) is 3.47. The van der Waals surface area contributed by atoms with Crippen molar-refractivity contribution in [2.75, 3.05) is 13.2 Å². The summed E-state index contributed by atoms with van der Waals surface area (Å²) in [6, 6.07) is 0. The number of carbonyl (C=O) groups is 1. The molecule has 1 fully saturated rings. The zero-order valence-electron chi connectivity index (χ0n) is 7.67. The Bertz CT molecular complexity index is 210. The summed E-state index contributed by atoms with van der Waals surface area (Å²) in [4.78, 5) is 10.6. The topological polar surface area (TPSA) is 113 Å². The van der Waals surface area contributed by atoms with Crippen LogP contribution in [0.1, 0.15) is 6.42 Å². The Morgan fingerprint density at radius 2 is 2.07 bits per heavy atom. The first-order valence-corrected chi connectivity index (χ1v) is 4.43. The number of aliphatic hydroxyl groups excluding tert-OH is 3. The molecule has 6 heteroatoms. The monoisotopic (exact) mass is 205 g/mol. The summed E-state index contributed by atoms with van der Waals surface area (Å²) >= 11 is 0. The molecule has 1 aliphatic heterocycles. The van der Waals surface area contributed by atoms with Gasteiger partial charge in [-0.1, -0.05) is 0 Å². The molecule has 1 rings (SSSR count). The fourth-order valence-corrected chi connectivity index (χ4v) is 1.54. The highest BCUT2D eigenvalue weighted by Crippen LogP contribution is 2.22. The first kappa shape index (κ1) is 11.4. The predicted octanol–water partition coefficient (Wildman–Crippen LogP) is -2.41. The SMILES string of the molecule is NC(=O)CC1COC(CO)C(O)C1O. The van der Waals surface area contributed by atoms with Gasteiger partial charge in [-0.05, 0) is 0 Å². The number of rotatable bonds is 3. The highest BCUT2D eigenvalue weighted by molar-refractivity contribution is 5.74. The highest BCUT2D eigenvalue weighted by atomic mass is 16.5. The average Bonchev–Trinajstić information content (AvgIpc) is 2.13. The van der Waals surface area contributed by atoms with E-state index >= 15 is 0 Å². The largest absolute Gasteiger partial charge is 0.394 e.